The van der Waals surface area contributed by atoms with Crippen LogP contribution in [0.4, 0.5) is 17.1 Å². The first kappa shape index (κ1) is 17.3. The van der Waals surface area contributed by atoms with Crippen molar-refractivity contribution in [3.8, 4) is 6.07 Å². The number of anilines is 3. The first-order valence-corrected chi connectivity index (χ1v) is 9.42. The predicted molar refractivity (Wildman–Crippen MR) is 108 cm³/mol. The Morgan fingerprint density at radius 2 is 2.11 bits per heavy atom. The van der Waals surface area contributed by atoms with Gasteiger partial charge in [-0.25, -0.2) is 9.97 Å². The highest BCUT2D eigenvalue weighted by Gasteiger charge is 2.22. The van der Waals surface area contributed by atoms with Gasteiger partial charge in [0.25, 0.3) is 0 Å². The molecule has 0 radical (unpaired) electrons. The highest BCUT2D eigenvalue weighted by atomic mass is 15.1. The van der Waals surface area contributed by atoms with Gasteiger partial charge in [0, 0.05) is 26.3 Å². The Morgan fingerprint density at radius 1 is 1.30 bits per heavy atom. The molecule has 0 amide bonds. The fraction of sp³-hybridized carbons (Fsp3) is 0.381. The molecule has 2 heterocycles. The molecule has 2 aromatic heterocycles. The van der Waals surface area contributed by atoms with Gasteiger partial charge in [0.15, 0.2) is 0 Å². The molecule has 4 rings (SSSR count). The maximum absolute atomic E-state index is 9.13. The predicted octanol–water partition coefficient (Wildman–Crippen LogP) is 3.99. The Balaban J connectivity index is 1.76. The van der Waals surface area contributed by atoms with Gasteiger partial charge in [-0.2, -0.15) is 5.26 Å². The zero-order valence-electron chi connectivity index (χ0n) is 16.0. The molecule has 0 saturated heterocycles. The van der Waals surface area contributed by atoms with Crippen LogP contribution in [0.3, 0.4) is 0 Å². The fourth-order valence-corrected chi connectivity index (χ4v) is 3.40. The van der Waals surface area contributed by atoms with E-state index in [1.54, 1.807) is 6.20 Å². The molecule has 138 valence electrons. The number of imidazole rings is 1. The molecule has 0 spiro atoms. The summed E-state index contributed by atoms with van der Waals surface area (Å²) >= 11 is 0. The summed E-state index contributed by atoms with van der Waals surface area (Å²) in [6, 6.07) is 8.32. The van der Waals surface area contributed by atoms with E-state index in [0.29, 0.717) is 5.69 Å². The first-order chi connectivity index (χ1) is 13.1. The Morgan fingerprint density at radius 3 is 2.81 bits per heavy atom. The van der Waals surface area contributed by atoms with Crippen LogP contribution in [0.5, 0.6) is 0 Å². The fourth-order valence-electron chi connectivity index (χ4n) is 3.40. The van der Waals surface area contributed by atoms with Gasteiger partial charge in [0.2, 0.25) is 0 Å². The molecule has 0 atom stereocenters. The average molecular weight is 360 g/mol. The number of nitrogens with one attached hydrogen (secondary N) is 1. The summed E-state index contributed by atoms with van der Waals surface area (Å²) in [6.45, 7) is 3.10. The normalized spacial score (nSPS) is 13.6. The van der Waals surface area contributed by atoms with Gasteiger partial charge in [-0.15, -0.1) is 0 Å². The smallest absolute Gasteiger partial charge is 0.140 e. The van der Waals surface area contributed by atoms with Crippen molar-refractivity contribution >= 4 is 28.1 Å². The van der Waals surface area contributed by atoms with Crippen LogP contribution in [-0.2, 0) is 13.5 Å². The van der Waals surface area contributed by atoms with Crippen LogP contribution in [0.1, 0.15) is 31.0 Å². The summed E-state index contributed by atoms with van der Waals surface area (Å²) in [7, 11) is 4.06. The van der Waals surface area contributed by atoms with E-state index in [1.807, 2.05) is 31.1 Å². The molecule has 1 aliphatic carbocycles. The van der Waals surface area contributed by atoms with Crippen molar-refractivity contribution in [2.24, 2.45) is 13.0 Å². The maximum Gasteiger partial charge on any atom is 0.140 e. The van der Waals surface area contributed by atoms with Crippen LogP contribution in [0.25, 0.3) is 11.0 Å². The van der Waals surface area contributed by atoms with Crippen molar-refractivity contribution in [3.05, 3.63) is 42.0 Å². The molecule has 27 heavy (non-hydrogen) atoms. The van der Waals surface area contributed by atoms with Crippen molar-refractivity contribution in [1.29, 1.82) is 5.26 Å². The molecule has 0 bridgehead atoms. The van der Waals surface area contributed by atoms with Gasteiger partial charge in [-0.05, 0) is 48.9 Å². The molecule has 1 N–H and O–H groups in total. The molecule has 1 fully saturated rings. The highest BCUT2D eigenvalue weighted by molar-refractivity contribution is 5.93. The lowest BCUT2D eigenvalue weighted by Gasteiger charge is -2.23. The minimum Gasteiger partial charge on any atom is -0.383 e. The molecule has 6 heteroatoms. The molecule has 1 aliphatic rings. The SMILES string of the molecule is CCc1cc(C#N)ncc1N(C)c1cc(NCC2CC2)c2ncn(C)c2c1. The summed E-state index contributed by atoms with van der Waals surface area (Å²) in [5, 5.41) is 12.7. The standard InChI is InChI=1S/C21H24N6/c1-4-15-7-16(10-22)23-12-20(15)27(3)17-8-18(24-11-14-5-6-14)21-19(9-17)26(2)13-25-21/h7-9,12-14,24H,4-6,11H2,1-3H3. The Labute approximate surface area is 159 Å². The topological polar surface area (TPSA) is 69.8 Å². The summed E-state index contributed by atoms with van der Waals surface area (Å²) in [4.78, 5) is 11.0. The monoisotopic (exact) mass is 360 g/mol. The van der Waals surface area contributed by atoms with Crippen molar-refractivity contribution in [2.45, 2.75) is 26.2 Å². The van der Waals surface area contributed by atoms with Crippen molar-refractivity contribution in [2.75, 3.05) is 23.8 Å². The van der Waals surface area contributed by atoms with E-state index >= 15 is 0 Å². The van der Waals surface area contributed by atoms with E-state index in [-0.39, 0.29) is 0 Å². The van der Waals surface area contributed by atoms with Gasteiger partial charge in [-0.3, -0.25) is 0 Å². The highest BCUT2D eigenvalue weighted by Crippen LogP contribution is 2.35. The van der Waals surface area contributed by atoms with Gasteiger partial charge >= 0.3 is 0 Å². The number of pyridine rings is 1. The van der Waals surface area contributed by atoms with Crippen LogP contribution < -0.4 is 10.2 Å². The van der Waals surface area contributed by atoms with E-state index in [0.717, 1.165) is 52.5 Å². The number of aryl methyl sites for hydroxylation is 2. The third-order valence-electron chi connectivity index (χ3n) is 5.30. The van der Waals surface area contributed by atoms with E-state index in [9.17, 15) is 0 Å². The second-order valence-corrected chi connectivity index (χ2v) is 7.26. The van der Waals surface area contributed by atoms with Crippen molar-refractivity contribution in [1.82, 2.24) is 14.5 Å². The summed E-state index contributed by atoms with van der Waals surface area (Å²) < 4.78 is 2.05. The van der Waals surface area contributed by atoms with Crippen molar-refractivity contribution < 1.29 is 0 Å². The first-order valence-electron chi connectivity index (χ1n) is 9.42. The molecule has 3 aromatic rings. The third-order valence-corrected chi connectivity index (χ3v) is 5.30. The molecular formula is C21H24N6. The van der Waals surface area contributed by atoms with Gasteiger partial charge in [0.1, 0.15) is 17.3 Å². The molecular weight excluding hydrogens is 336 g/mol. The van der Waals surface area contributed by atoms with E-state index < -0.39 is 0 Å². The number of nitrogens with zero attached hydrogens (tertiary/aromatic N) is 5. The number of hydrogen-bond donors (Lipinski definition) is 1. The average Bonchev–Trinajstić information content (AvgIpc) is 3.46. The van der Waals surface area contributed by atoms with Gasteiger partial charge in [-0.1, -0.05) is 6.92 Å². The second-order valence-electron chi connectivity index (χ2n) is 7.26. The molecule has 0 unspecified atom stereocenters. The quantitative estimate of drug-likeness (QED) is 0.720. The number of nitriles is 1. The van der Waals surface area contributed by atoms with E-state index in [2.05, 4.69) is 45.3 Å². The van der Waals surface area contributed by atoms with Gasteiger partial charge < -0.3 is 14.8 Å². The van der Waals surface area contributed by atoms with Crippen molar-refractivity contribution in [3.63, 3.8) is 0 Å². The van der Waals surface area contributed by atoms with Crippen LogP contribution >= 0.6 is 0 Å². The Bertz CT molecular complexity index is 1030. The number of aromatic nitrogens is 3. The minimum absolute atomic E-state index is 0.456. The van der Waals surface area contributed by atoms with Crippen LogP contribution in [0.2, 0.25) is 0 Å². The minimum atomic E-state index is 0.456. The lowest BCUT2D eigenvalue weighted by Crippen LogP contribution is -2.13. The third kappa shape index (κ3) is 3.33. The number of rotatable bonds is 6. The summed E-state index contributed by atoms with van der Waals surface area (Å²) in [5.41, 5.74) is 6.83. The second kappa shape index (κ2) is 6.92. The van der Waals surface area contributed by atoms with Crippen LogP contribution in [-0.4, -0.2) is 28.1 Å². The van der Waals surface area contributed by atoms with Crippen LogP contribution in [0, 0.1) is 17.2 Å². The summed E-state index contributed by atoms with van der Waals surface area (Å²) in [5.74, 6) is 0.791. The molecule has 1 aromatic carbocycles. The lowest BCUT2D eigenvalue weighted by atomic mass is 10.1. The van der Waals surface area contributed by atoms with Crippen LogP contribution in [0.15, 0.2) is 30.7 Å². The Hall–Kier alpha value is -3.07. The largest absolute Gasteiger partial charge is 0.383 e. The maximum atomic E-state index is 9.13. The Kier molecular flexibility index (Phi) is 4.44. The molecule has 0 aliphatic heterocycles. The summed E-state index contributed by atoms with van der Waals surface area (Å²) in [6.07, 6.45) is 7.13. The molecule has 6 nitrogen and oxygen atoms in total. The number of benzene rings is 1. The van der Waals surface area contributed by atoms with E-state index in [4.69, 9.17) is 5.26 Å². The number of hydrogen-bond acceptors (Lipinski definition) is 5. The number of fused-ring (bicyclic) bond motifs is 1. The lowest BCUT2D eigenvalue weighted by molar-refractivity contribution is 0.890. The van der Waals surface area contributed by atoms with Gasteiger partial charge in [0.05, 0.1) is 29.4 Å². The molecule has 1 saturated carbocycles. The van der Waals surface area contributed by atoms with E-state index in [1.165, 1.54) is 12.8 Å². The zero-order chi connectivity index (χ0) is 19.0. The zero-order valence-corrected chi connectivity index (χ0v) is 16.0.